The molecule has 1 atom stereocenters. The number of aliphatic hydroxyl groups excluding tert-OH is 1. The largest absolute Gasteiger partial charge is 0.393 e. The maximum Gasteiger partial charge on any atom is 0.261 e. The van der Waals surface area contributed by atoms with Gasteiger partial charge in [-0.05, 0) is 26.0 Å². The molecule has 18 heavy (non-hydrogen) atoms. The quantitative estimate of drug-likeness (QED) is 0.757. The molecule has 0 spiro atoms. The minimum atomic E-state index is -1.48. The molecule has 0 radical (unpaired) electrons. The van der Waals surface area contributed by atoms with Crippen LogP contribution in [0, 0.1) is 6.92 Å². The predicted octanol–water partition coefficient (Wildman–Crippen LogP) is 0.334. The summed E-state index contributed by atoms with van der Waals surface area (Å²) in [5, 5.41) is 18.7. The molecule has 2 N–H and O–H groups in total. The second-order valence-corrected chi connectivity index (χ2v) is 4.90. The lowest BCUT2D eigenvalue weighted by Crippen LogP contribution is -2.45. The number of rotatable bonds is 3. The minimum Gasteiger partial charge on any atom is -0.393 e. The van der Waals surface area contributed by atoms with E-state index in [0.717, 1.165) is 10.5 Å². The van der Waals surface area contributed by atoms with Crippen molar-refractivity contribution in [3.05, 3.63) is 34.9 Å². The van der Waals surface area contributed by atoms with Gasteiger partial charge in [-0.2, -0.15) is 0 Å². The Kier molecular flexibility index (Phi) is 2.96. The Morgan fingerprint density at radius 1 is 1.22 bits per heavy atom. The highest BCUT2D eigenvalue weighted by molar-refractivity contribution is 6.21. The Hall–Kier alpha value is -1.72. The van der Waals surface area contributed by atoms with Crippen LogP contribution in [0.25, 0.3) is 0 Å². The monoisotopic (exact) mass is 249 g/mol. The van der Waals surface area contributed by atoms with Gasteiger partial charge in [-0.15, -0.1) is 0 Å². The number of aryl methyl sites for hydroxylation is 1. The Labute approximate surface area is 105 Å². The average molecular weight is 249 g/mol. The Bertz CT molecular complexity index is 522. The fraction of sp³-hybridized carbons (Fsp3) is 0.385. The zero-order valence-corrected chi connectivity index (χ0v) is 10.3. The van der Waals surface area contributed by atoms with E-state index in [1.165, 1.54) is 6.92 Å². The lowest BCUT2D eigenvalue weighted by atomic mass is 10.1. The number of benzene rings is 1. The number of nitrogens with zero attached hydrogens (tertiary/aromatic N) is 1. The van der Waals surface area contributed by atoms with Gasteiger partial charge in [-0.25, -0.2) is 0 Å². The van der Waals surface area contributed by atoms with Crippen molar-refractivity contribution in [2.24, 2.45) is 0 Å². The molecule has 0 aliphatic carbocycles. The van der Waals surface area contributed by atoms with Crippen molar-refractivity contribution >= 4 is 11.8 Å². The summed E-state index contributed by atoms with van der Waals surface area (Å²) >= 11 is 0. The van der Waals surface area contributed by atoms with Crippen LogP contribution in [0.1, 0.15) is 33.2 Å². The van der Waals surface area contributed by atoms with Crippen molar-refractivity contribution in [2.75, 3.05) is 13.2 Å². The van der Waals surface area contributed by atoms with Gasteiger partial charge in [0.2, 0.25) is 0 Å². The first-order valence-electron chi connectivity index (χ1n) is 5.66. The van der Waals surface area contributed by atoms with Gasteiger partial charge in [0.25, 0.3) is 11.8 Å². The van der Waals surface area contributed by atoms with E-state index in [-0.39, 0.29) is 6.54 Å². The van der Waals surface area contributed by atoms with Crippen molar-refractivity contribution < 1.29 is 19.8 Å². The number of β-amino-alcohol motifs (C(OH)–C–C–N with tert-alkyl or cyclic N) is 1. The molecule has 96 valence electrons. The maximum atomic E-state index is 12.1. The summed E-state index contributed by atoms with van der Waals surface area (Å²) in [5.41, 5.74) is 0.112. The summed E-state index contributed by atoms with van der Waals surface area (Å²) in [6, 6.07) is 5.03. The number of carbonyl (C=O) groups excluding carboxylic acids is 2. The van der Waals surface area contributed by atoms with Crippen LogP contribution in [0.5, 0.6) is 0 Å². The smallest absolute Gasteiger partial charge is 0.261 e. The lowest BCUT2D eigenvalue weighted by molar-refractivity contribution is -0.0175. The van der Waals surface area contributed by atoms with Crippen molar-refractivity contribution in [2.45, 2.75) is 19.4 Å². The molecular weight excluding hydrogens is 234 g/mol. The first kappa shape index (κ1) is 12.7. The number of fused-ring (bicyclic) bond motifs is 1. The van der Waals surface area contributed by atoms with Crippen LogP contribution in [-0.2, 0) is 0 Å². The van der Waals surface area contributed by atoms with Gasteiger partial charge >= 0.3 is 0 Å². The van der Waals surface area contributed by atoms with Crippen molar-refractivity contribution in [1.82, 2.24) is 4.90 Å². The summed E-state index contributed by atoms with van der Waals surface area (Å²) in [7, 11) is 0. The third-order valence-electron chi connectivity index (χ3n) is 2.97. The van der Waals surface area contributed by atoms with E-state index in [1.807, 2.05) is 6.92 Å². The number of aliphatic hydroxyl groups is 2. The predicted molar refractivity (Wildman–Crippen MR) is 64.3 cm³/mol. The molecule has 0 fully saturated rings. The zero-order chi connectivity index (χ0) is 13.5. The van der Waals surface area contributed by atoms with Gasteiger partial charge in [0.1, 0.15) is 5.60 Å². The van der Waals surface area contributed by atoms with Gasteiger partial charge in [0.05, 0.1) is 24.3 Å². The summed E-state index contributed by atoms with van der Waals surface area (Å²) in [5.74, 6) is -0.851. The van der Waals surface area contributed by atoms with Crippen LogP contribution in [0.15, 0.2) is 18.2 Å². The fourth-order valence-electron chi connectivity index (χ4n) is 1.94. The Morgan fingerprint density at radius 2 is 1.83 bits per heavy atom. The molecule has 0 saturated carbocycles. The topological polar surface area (TPSA) is 77.8 Å². The van der Waals surface area contributed by atoms with E-state index in [2.05, 4.69) is 0 Å². The molecular formula is C13H15NO4. The van der Waals surface area contributed by atoms with E-state index in [0.29, 0.717) is 11.1 Å². The van der Waals surface area contributed by atoms with E-state index in [9.17, 15) is 14.7 Å². The molecule has 1 aromatic carbocycles. The molecule has 5 nitrogen and oxygen atoms in total. The molecule has 0 aromatic heterocycles. The molecule has 5 heteroatoms. The van der Waals surface area contributed by atoms with E-state index in [4.69, 9.17) is 5.11 Å². The normalized spacial score (nSPS) is 17.9. The second-order valence-electron chi connectivity index (χ2n) is 4.90. The summed E-state index contributed by atoms with van der Waals surface area (Å²) in [4.78, 5) is 25.1. The maximum absolute atomic E-state index is 12.1. The van der Waals surface area contributed by atoms with Crippen LogP contribution < -0.4 is 0 Å². The van der Waals surface area contributed by atoms with E-state index >= 15 is 0 Å². The third-order valence-corrected chi connectivity index (χ3v) is 2.97. The van der Waals surface area contributed by atoms with Crippen LogP contribution >= 0.6 is 0 Å². The van der Waals surface area contributed by atoms with Gasteiger partial charge in [0, 0.05) is 0 Å². The number of amides is 2. The average Bonchev–Trinajstić information content (AvgIpc) is 2.54. The molecule has 2 amide bonds. The highest BCUT2D eigenvalue weighted by Crippen LogP contribution is 2.25. The highest BCUT2D eigenvalue weighted by atomic mass is 16.3. The van der Waals surface area contributed by atoms with Gasteiger partial charge in [-0.1, -0.05) is 11.6 Å². The van der Waals surface area contributed by atoms with Crippen molar-refractivity contribution in [3.63, 3.8) is 0 Å². The van der Waals surface area contributed by atoms with Crippen LogP contribution in [-0.4, -0.2) is 45.7 Å². The number of imide groups is 1. The van der Waals surface area contributed by atoms with Gasteiger partial charge in [-0.3, -0.25) is 14.5 Å². The zero-order valence-electron chi connectivity index (χ0n) is 10.3. The number of carbonyl (C=O) groups is 2. The summed E-state index contributed by atoms with van der Waals surface area (Å²) in [6.45, 7) is 2.49. The molecule has 0 saturated heterocycles. The third kappa shape index (κ3) is 2.02. The molecule has 1 unspecified atom stereocenters. The highest BCUT2D eigenvalue weighted by Gasteiger charge is 2.39. The second kappa shape index (κ2) is 4.19. The van der Waals surface area contributed by atoms with Crippen LogP contribution in [0.3, 0.4) is 0 Å². The molecule has 1 heterocycles. The summed E-state index contributed by atoms with van der Waals surface area (Å²) < 4.78 is 0. The summed E-state index contributed by atoms with van der Waals surface area (Å²) in [6.07, 6.45) is 0. The number of hydrogen-bond donors (Lipinski definition) is 2. The van der Waals surface area contributed by atoms with Gasteiger partial charge in [0.15, 0.2) is 0 Å². The van der Waals surface area contributed by atoms with E-state index in [1.54, 1.807) is 18.2 Å². The SMILES string of the molecule is Cc1ccc2c(c1)C(=O)N(CC(C)(O)CO)C2=O. The minimum absolute atomic E-state index is 0.213. The molecule has 2 rings (SSSR count). The molecule has 1 aliphatic heterocycles. The molecule has 0 bridgehead atoms. The standard InChI is InChI=1S/C13H15NO4/c1-8-3-4-9-10(5-8)12(17)14(11(9)16)6-13(2,18)7-15/h3-5,15,18H,6-7H2,1-2H3. The van der Waals surface area contributed by atoms with E-state index < -0.39 is 24.0 Å². The van der Waals surface area contributed by atoms with Crippen molar-refractivity contribution in [3.8, 4) is 0 Å². The Balaban J connectivity index is 2.34. The first-order chi connectivity index (χ1) is 8.35. The van der Waals surface area contributed by atoms with Crippen LogP contribution in [0.2, 0.25) is 0 Å². The first-order valence-corrected chi connectivity index (χ1v) is 5.66. The molecule has 1 aromatic rings. The Morgan fingerprint density at radius 3 is 2.44 bits per heavy atom. The lowest BCUT2D eigenvalue weighted by Gasteiger charge is -2.25. The van der Waals surface area contributed by atoms with Crippen molar-refractivity contribution in [1.29, 1.82) is 0 Å². The van der Waals surface area contributed by atoms with Gasteiger partial charge < -0.3 is 10.2 Å². The number of hydrogen-bond acceptors (Lipinski definition) is 4. The van der Waals surface area contributed by atoms with Crippen LogP contribution in [0.4, 0.5) is 0 Å². The fourth-order valence-corrected chi connectivity index (χ4v) is 1.94. The molecule has 1 aliphatic rings.